The van der Waals surface area contributed by atoms with Crippen molar-refractivity contribution in [1.29, 1.82) is 0 Å². The first-order valence-electron chi connectivity index (χ1n) is 6.86. The molecule has 0 saturated heterocycles. The predicted octanol–water partition coefficient (Wildman–Crippen LogP) is 5.71. The first-order valence-corrected chi connectivity index (χ1v) is 7.68. The molecular formula is C18H16S. The van der Waals surface area contributed by atoms with Crippen LogP contribution in [0.25, 0.3) is 25.7 Å². The van der Waals surface area contributed by atoms with Gasteiger partial charge in [0.1, 0.15) is 0 Å². The van der Waals surface area contributed by atoms with Crippen LogP contribution < -0.4 is 0 Å². The Kier molecular flexibility index (Phi) is 2.33. The van der Waals surface area contributed by atoms with Crippen molar-refractivity contribution in [1.82, 2.24) is 0 Å². The van der Waals surface area contributed by atoms with Crippen LogP contribution in [0, 0.1) is 6.92 Å². The van der Waals surface area contributed by atoms with E-state index in [0.717, 1.165) is 0 Å². The molecule has 1 aliphatic carbocycles. The smallest absolute Gasteiger partial charge is 0.0390 e. The molecule has 3 aromatic rings. The van der Waals surface area contributed by atoms with Crippen LogP contribution in [0.4, 0.5) is 0 Å². The summed E-state index contributed by atoms with van der Waals surface area (Å²) in [6.45, 7) is 4.54. The summed E-state index contributed by atoms with van der Waals surface area (Å²) in [4.78, 5) is 0. The van der Waals surface area contributed by atoms with Crippen molar-refractivity contribution < 1.29 is 0 Å². The van der Waals surface area contributed by atoms with Crippen LogP contribution in [0.15, 0.2) is 36.4 Å². The van der Waals surface area contributed by atoms with E-state index in [-0.39, 0.29) is 0 Å². The second-order valence-electron chi connectivity index (χ2n) is 5.44. The van der Waals surface area contributed by atoms with Gasteiger partial charge in [-0.15, -0.1) is 11.3 Å². The van der Waals surface area contributed by atoms with Crippen LogP contribution in [0.2, 0.25) is 0 Å². The van der Waals surface area contributed by atoms with E-state index in [9.17, 15) is 0 Å². The molecule has 2 aromatic carbocycles. The van der Waals surface area contributed by atoms with Crippen LogP contribution in [-0.4, -0.2) is 0 Å². The Balaban J connectivity index is 2.20. The molecule has 19 heavy (non-hydrogen) atoms. The van der Waals surface area contributed by atoms with Crippen LogP contribution >= 0.6 is 11.3 Å². The third-order valence-corrected chi connectivity index (χ3v) is 5.55. The number of rotatable bonds is 0. The minimum absolute atomic E-state index is 1.19. The molecular weight excluding hydrogens is 248 g/mol. The summed E-state index contributed by atoms with van der Waals surface area (Å²) in [6, 6.07) is 11.2. The molecule has 0 aliphatic heterocycles. The summed E-state index contributed by atoms with van der Waals surface area (Å²) >= 11 is 1.94. The fourth-order valence-corrected chi connectivity index (χ4v) is 4.57. The van der Waals surface area contributed by atoms with Gasteiger partial charge in [-0.25, -0.2) is 0 Å². The van der Waals surface area contributed by atoms with Crippen molar-refractivity contribution >= 4 is 37.1 Å². The minimum Gasteiger partial charge on any atom is -0.135 e. The lowest BCUT2D eigenvalue weighted by molar-refractivity contribution is 0.975. The molecule has 0 amide bonds. The van der Waals surface area contributed by atoms with Gasteiger partial charge >= 0.3 is 0 Å². The number of allylic oxidation sites excluding steroid dienone is 2. The number of fused-ring (bicyclic) bond motifs is 4. The highest BCUT2D eigenvalue weighted by molar-refractivity contribution is 7.26. The van der Waals surface area contributed by atoms with E-state index in [1.807, 2.05) is 11.3 Å². The number of hydrogen-bond donors (Lipinski definition) is 0. The van der Waals surface area contributed by atoms with Gasteiger partial charge in [0, 0.05) is 20.2 Å². The first-order chi connectivity index (χ1) is 9.25. The zero-order valence-electron chi connectivity index (χ0n) is 11.3. The fraction of sp³-hybridized carbons (Fsp3) is 0.222. The second kappa shape index (κ2) is 3.94. The molecule has 1 heteroatoms. The lowest BCUT2D eigenvalue weighted by Gasteiger charge is -2.18. The summed E-state index contributed by atoms with van der Waals surface area (Å²) in [5.74, 6) is 0. The zero-order chi connectivity index (χ0) is 13.0. The van der Waals surface area contributed by atoms with Gasteiger partial charge in [0.15, 0.2) is 0 Å². The number of thiophene rings is 1. The van der Waals surface area contributed by atoms with Gasteiger partial charge in [0.2, 0.25) is 0 Å². The molecule has 0 unspecified atom stereocenters. The molecule has 0 atom stereocenters. The Morgan fingerprint density at radius 2 is 1.89 bits per heavy atom. The molecule has 0 radical (unpaired) electrons. The van der Waals surface area contributed by atoms with E-state index in [1.54, 1.807) is 0 Å². The maximum atomic E-state index is 2.44. The molecule has 0 N–H and O–H groups in total. The average Bonchev–Trinajstić information content (AvgIpc) is 2.78. The van der Waals surface area contributed by atoms with Crippen LogP contribution in [-0.2, 0) is 6.42 Å². The Bertz CT molecular complexity index is 834. The van der Waals surface area contributed by atoms with Crippen LogP contribution in [0.1, 0.15) is 30.0 Å². The Morgan fingerprint density at radius 3 is 2.79 bits per heavy atom. The summed E-state index contributed by atoms with van der Waals surface area (Å²) in [5.41, 5.74) is 5.97. The molecule has 0 spiro atoms. The summed E-state index contributed by atoms with van der Waals surface area (Å²) in [7, 11) is 0. The van der Waals surface area contributed by atoms with Crippen LogP contribution in [0.5, 0.6) is 0 Å². The van der Waals surface area contributed by atoms with Crippen molar-refractivity contribution in [3.05, 3.63) is 53.1 Å². The van der Waals surface area contributed by atoms with Crippen molar-refractivity contribution in [2.45, 2.75) is 26.7 Å². The van der Waals surface area contributed by atoms with Gasteiger partial charge in [-0.05, 0) is 61.1 Å². The minimum atomic E-state index is 1.19. The highest BCUT2D eigenvalue weighted by atomic mass is 32.1. The molecule has 0 fully saturated rings. The summed E-state index contributed by atoms with van der Waals surface area (Å²) < 4.78 is 2.87. The van der Waals surface area contributed by atoms with Gasteiger partial charge < -0.3 is 0 Å². The highest BCUT2D eigenvalue weighted by Gasteiger charge is 2.17. The molecule has 0 bridgehead atoms. The highest BCUT2D eigenvalue weighted by Crippen LogP contribution is 2.41. The Labute approximate surface area is 117 Å². The Hall–Kier alpha value is -1.60. The number of benzene rings is 2. The van der Waals surface area contributed by atoms with E-state index in [4.69, 9.17) is 0 Å². The molecule has 1 aliphatic rings. The average molecular weight is 264 g/mol. The molecule has 94 valence electrons. The lowest BCUT2D eigenvalue weighted by atomic mass is 9.87. The van der Waals surface area contributed by atoms with Gasteiger partial charge in [-0.1, -0.05) is 24.3 Å². The zero-order valence-corrected chi connectivity index (χ0v) is 12.1. The van der Waals surface area contributed by atoms with Gasteiger partial charge in [0.05, 0.1) is 0 Å². The predicted molar refractivity (Wildman–Crippen MR) is 86.0 cm³/mol. The largest absolute Gasteiger partial charge is 0.135 e. The fourth-order valence-electron chi connectivity index (χ4n) is 3.38. The standard InChI is InChI=1S/C18H16S/c1-11-6-5-7-13-10-15-14-8-3-4-9-16(14)19-18(15)12(2)17(11)13/h3-4,6,8-10H,5,7H2,1-2H3. The molecule has 4 rings (SSSR count). The van der Waals surface area contributed by atoms with Crippen molar-refractivity contribution in [3.63, 3.8) is 0 Å². The summed E-state index contributed by atoms with van der Waals surface area (Å²) in [5, 5.41) is 2.87. The molecule has 0 saturated carbocycles. The van der Waals surface area contributed by atoms with E-state index < -0.39 is 0 Å². The van der Waals surface area contributed by atoms with Gasteiger partial charge in [-0.3, -0.25) is 0 Å². The van der Waals surface area contributed by atoms with E-state index in [2.05, 4.69) is 50.3 Å². The second-order valence-corrected chi connectivity index (χ2v) is 6.49. The Morgan fingerprint density at radius 1 is 1.05 bits per heavy atom. The molecule has 1 heterocycles. The third-order valence-electron chi connectivity index (χ3n) is 4.25. The maximum absolute atomic E-state index is 2.44. The normalized spacial score (nSPS) is 14.7. The number of aryl methyl sites for hydroxylation is 2. The van der Waals surface area contributed by atoms with Crippen molar-refractivity contribution in [2.75, 3.05) is 0 Å². The lowest BCUT2D eigenvalue weighted by Crippen LogP contribution is -2.00. The SMILES string of the molecule is CC1=CCCc2cc3c(sc4ccccc43)c(C)c21. The monoisotopic (exact) mass is 264 g/mol. The first kappa shape index (κ1) is 11.2. The van der Waals surface area contributed by atoms with E-state index in [0.29, 0.717) is 0 Å². The molecule has 0 nitrogen and oxygen atoms in total. The topological polar surface area (TPSA) is 0 Å². The maximum Gasteiger partial charge on any atom is 0.0390 e. The number of hydrogen-bond acceptors (Lipinski definition) is 1. The summed E-state index contributed by atoms with van der Waals surface area (Å²) in [6.07, 6.45) is 4.76. The van der Waals surface area contributed by atoms with Crippen LogP contribution in [0.3, 0.4) is 0 Å². The third kappa shape index (κ3) is 1.51. The molecule has 1 aromatic heterocycles. The van der Waals surface area contributed by atoms with Crippen molar-refractivity contribution in [2.24, 2.45) is 0 Å². The van der Waals surface area contributed by atoms with Gasteiger partial charge in [-0.2, -0.15) is 0 Å². The van der Waals surface area contributed by atoms with Crippen molar-refractivity contribution in [3.8, 4) is 0 Å². The van der Waals surface area contributed by atoms with E-state index in [1.165, 1.54) is 55.3 Å². The quantitative estimate of drug-likeness (QED) is 0.487. The van der Waals surface area contributed by atoms with Gasteiger partial charge in [0.25, 0.3) is 0 Å². The van der Waals surface area contributed by atoms with E-state index >= 15 is 0 Å².